The molecule has 0 aliphatic carbocycles. The smallest absolute Gasteiger partial charge is 0.337 e. The van der Waals surface area contributed by atoms with Crippen LogP contribution in [-0.2, 0) is 14.3 Å². The second kappa shape index (κ2) is 6.89. The summed E-state index contributed by atoms with van der Waals surface area (Å²) in [7, 11) is 1.22. The maximum absolute atomic E-state index is 13.1. The summed E-state index contributed by atoms with van der Waals surface area (Å²) >= 11 is 3.19. The Bertz CT molecular complexity index is 648. The number of hydrogen-bond donors (Lipinski definition) is 2. The number of ether oxygens (including phenoxy) is 1. The molecule has 0 aromatic heterocycles. The third-order valence-electron chi connectivity index (χ3n) is 3.14. The Labute approximate surface area is 134 Å². The molecule has 1 amide bonds. The van der Waals surface area contributed by atoms with Crippen molar-refractivity contribution in [3.63, 3.8) is 0 Å². The first kappa shape index (κ1) is 16.4. The minimum Gasteiger partial charge on any atom is -0.466 e. The summed E-state index contributed by atoms with van der Waals surface area (Å²) in [5.74, 6) is -1.49. The van der Waals surface area contributed by atoms with Crippen LogP contribution < -0.4 is 5.32 Å². The van der Waals surface area contributed by atoms with Gasteiger partial charge in [0.15, 0.2) is 0 Å². The van der Waals surface area contributed by atoms with Crippen molar-refractivity contribution >= 4 is 33.5 Å². The average molecular weight is 373 g/mol. The average Bonchev–Trinajstić information content (AvgIpc) is 2.79. The van der Waals surface area contributed by atoms with Crippen LogP contribution in [-0.4, -0.2) is 48.7 Å². The van der Waals surface area contributed by atoms with Gasteiger partial charge < -0.3 is 20.1 Å². The molecule has 118 valence electrons. The van der Waals surface area contributed by atoms with E-state index in [9.17, 15) is 14.0 Å². The molecule has 2 rings (SSSR count). The van der Waals surface area contributed by atoms with Gasteiger partial charge in [0.2, 0.25) is 0 Å². The molecule has 8 heteroatoms. The summed E-state index contributed by atoms with van der Waals surface area (Å²) in [6.07, 6.45) is 0. The molecule has 1 aliphatic rings. The molecular weight excluding hydrogens is 359 g/mol. The van der Waals surface area contributed by atoms with Crippen LogP contribution in [0.5, 0.6) is 0 Å². The van der Waals surface area contributed by atoms with Gasteiger partial charge in [-0.25, -0.2) is 9.18 Å². The van der Waals surface area contributed by atoms with Gasteiger partial charge in [-0.15, -0.1) is 0 Å². The first-order valence-corrected chi connectivity index (χ1v) is 7.21. The number of nitrogens with one attached hydrogen (secondary N) is 1. The number of hydrogen-bond acceptors (Lipinski definition) is 5. The van der Waals surface area contributed by atoms with Crippen molar-refractivity contribution in [3.05, 3.63) is 39.8 Å². The number of aliphatic hydroxyl groups excluding tert-OH is 1. The maximum atomic E-state index is 13.1. The fraction of sp³-hybridized carbons (Fsp3) is 0.286. The number of carbonyl (C=O) groups excluding carboxylic acids is 2. The van der Waals surface area contributed by atoms with Crippen molar-refractivity contribution in [2.45, 2.75) is 0 Å². The molecule has 0 bridgehead atoms. The van der Waals surface area contributed by atoms with Gasteiger partial charge in [-0.3, -0.25) is 4.79 Å². The summed E-state index contributed by atoms with van der Waals surface area (Å²) in [6, 6.07) is 3.92. The van der Waals surface area contributed by atoms with Crippen LogP contribution in [0.4, 0.5) is 10.1 Å². The van der Waals surface area contributed by atoms with Gasteiger partial charge in [-0.05, 0) is 34.1 Å². The Morgan fingerprint density at radius 3 is 2.86 bits per heavy atom. The van der Waals surface area contributed by atoms with E-state index < -0.39 is 17.7 Å². The molecule has 0 radical (unpaired) electrons. The van der Waals surface area contributed by atoms with Gasteiger partial charge in [0, 0.05) is 11.0 Å². The van der Waals surface area contributed by atoms with E-state index in [4.69, 9.17) is 5.11 Å². The second-order valence-electron chi connectivity index (χ2n) is 4.54. The number of β-amino-alcohol motifs (C(OH)–C–C–N with tert-alkyl or cyclic N) is 1. The van der Waals surface area contributed by atoms with Crippen molar-refractivity contribution in [2.75, 3.05) is 32.1 Å². The quantitative estimate of drug-likeness (QED) is 0.760. The maximum Gasteiger partial charge on any atom is 0.337 e. The minimum atomic E-state index is -0.630. The zero-order valence-electron chi connectivity index (χ0n) is 11.7. The van der Waals surface area contributed by atoms with Gasteiger partial charge in [0.1, 0.15) is 11.5 Å². The van der Waals surface area contributed by atoms with Gasteiger partial charge in [0.25, 0.3) is 5.91 Å². The lowest BCUT2D eigenvalue weighted by Crippen LogP contribution is -2.31. The lowest BCUT2D eigenvalue weighted by molar-refractivity contribution is -0.136. The second-order valence-corrected chi connectivity index (χ2v) is 5.40. The van der Waals surface area contributed by atoms with Crippen molar-refractivity contribution in [2.24, 2.45) is 0 Å². The molecule has 0 fully saturated rings. The monoisotopic (exact) mass is 372 g/mol. The molecule has 1 aliphatic heterocycles. The minimum absolute atomic E-state index is 0.0488. The Balaban J connectivity index is 2.34. The van der Waals surface area contributed by atoms with E-state index >= 15 is 0 Å². The number of amides is 1. The molecule has 0 unspecified atom stereocenters. The zero-order chi connectivity index (χ0) is 16.3. The van der Waals surface area contributed by atoms with Crippen molar-refractivity contribution in [1.82, 2.24) is 4.90 Å². The number of aliphatic hydroxyl groups is 1. The number of halogens is 2. The molecule has 1 aromatic rings. The van der Waals surface area contributed by atoms with Crippen LogP contribution in [0.25, 0.3) is 0 Å². The molecule has 0 saturated carbocycles. The van der Waals surface area contributed by atoms with Crippen molar-refractivity contribution in [3.8, 4) is 0 Å². The third-order valence-corrected chi connectivity index (χ3v) is 3.80. The van der Waals surface area contributed by atoms with E-state index in [0.29, 0.717) is 10.2 Å². The zero-order valence-corrected chi connectivity index (χ0v) is 13.3. The van der Waals surface area contributed by atoms with E-state index in [1.54, 1.807) is 0 Å². The molecule has 0 spiro atoms. The van der Waals surface area contributed by atoms with E-state index in [1.807, 2.05) is 0 Å². The van der Waals surface area contributed by atoms with E-state index in [-0.39, 0.29) is 31.0 Å². The van der Waals surface area contributed by atoms with Crippen molar-refractivity contribution < 1.29 is 23.8 Å². The van der Waals surface area contributed by atoms with Crippen LogP contribution in [0.1, 0.15) is 0 Å². The Hall–Kier alpha value is -1.93. The highest BCUT2D eigenvalue weighted by Crippen LogP contribution is 2.28. The Morgan fingerprint density at radius 1 is 1.55 bits per heavy atom. The Morgan fingerprint density at radius 2 is 2.27 bits per heavy atom. The molecule has 0 atom stereocenters. The largest absolute Gasteiger partial charge is 0.466 e. The molecule has 0 saturated heterocycles. The lowest BCUT2D eigenvalue weighted by atomic mass is 10.2. The molecular formula is C14H14BrFN2O4. The number of carbonyl (C=O) groups is 2. The summed E-state index contributed by atoms with van der Waals surface area (Å²) in [4.78, 5) is 25.4. The van der Waals surface area contributed by atoms with Gasteiger partial charge in [-0.1, -0.05) is 0 Å². The number of rotatable bonds is 5. The standard InChI is InChI=1S/C14H14BrFN2O4/c1-22-14(21)9-7-18(4-5-19)13(20)12(9)17-11-3-2-8(16)6-10(11)15/h2-3,6,17,19H,4-5,7H2,1H3. The van der Waals surface area contributed by atoms with E-state index in [0.717, 1.165) is 0 Å². The summed E-state index contributed by atoms with van der Waals surface area (Å²) in [5.41, 5.74) is 0.668. The molecule has 2 N–H and O–H groups in total. The normalized spacial score (nSPS) is 14.5. The summed E-state index contributed by atoms with van der Waals surface area (Å²) in [5, 5.41) is 11.8. The fourth-order valence-electron chi connectivity index (χ4n) is 2.07. The highest BCUT2D eigenvalue weighted by atomic mass is 79.9. The van der Waals surface area contributed by atoms with E-state index in [1.165, 1.54) is 30.2 Å². The first-order chi connectivity index (χ1) is 10.5. The van der Waals surface area contributed by atoms with Gasteiger partial charge >= 0.3 is 5.97 Å². The van der Waals surface area contributed by atoms with Crippen LogP contribution in [0.3, 0.4) is 0 Å². The third kappa shape index (κ3) is 3.28. The highest BCUT2D eigenvalue weighted by Gasteiger charge is 2.34. The number of nitrogens with zero attached hydrogens (tertiary/aromatic N) is 1. The van der Waals surface area contributed by atoms with Gasteiger partial charge in [0.05, 0.1) is 31.5 Å². The molecule has 22 heavy (non-hydrogen) atoms. The first-order valence-electron chi connectivity index (χ1n) is 6.41. The van der Waals surface area contributed by atoms with Gasteiger partial charge in [-0.2, -0.15) is 0 Å². The van der Waals surface area contributed by atoms with Crippen LogP contribution in [0, 0.1) is 5.82 Å². The number of benzene rings is 1. The summed E-state index contributed by atoms with van der Waals surface area (Å²) in [6.45, 7) is -0.0595. The van der Waals surface area contributed by atoms with Crippen LogP contribution in [0.15, 0.2) is 33.9 Å². The number of methoxy groups -OCH3 is 1. The van der Waals surface area contributed by atoms with Crippen molar-refractivity contribution in [1.29, 1.82) is 0 Å². The number of esters is 1. The number of anilines is 1. The predicted octanol–water partition coefficient (Wildman–Crippen LogP) is 1.26. The molecule has 1 aromatic carbocycles. The molecule has 6 nitrogen and oxygen atoms in total. The Kier molecular flexibility index (Phi) is 5.15. The lowest BCUT2D eigenvalue weighted by Gasteiger charge is -2.15. The molecule has 1 heterocycles. The predicted molar refractivity (Wildman–Crippen MR) is 80.4 cm³/mol. The topological polar surface area (TPSA) is 78.9 Å². The highest BCUT2D eigenvalue weighted by molar-refractivity contribution is 9.10. The fourth-order valence-corrected chi connectivity index (χ4v) is 2.52. The summed E-state index contributed by atoms with van der Waals surface area (Å²) < 4.78 is 18.2. The van der Waals surface area contributed by atoms with Crippen LogP contribution in [0.2, 0.25) is 0 Å². The van der Waals surface area contributed by atoms with E-state index in [2.05, 4.69) is 26.0 Å². The van der Waals surface area contributed by atoms with Crippen LogP contribution >= 0.6 is 15.9 Å². The SMILES string of the molecule is COC(=O)C1=C(Nc2ccc(F)cc2Br)C(=O)N(CCO)C1.